The second kappa shape index (κ2) is 5.52. The number of nitrogens with zero attached hydrogens (tertiary/aromatic N) is 4. The minimum Gasteiger partial charge on any atom is -0.365 e. The van der Waals surface area contributed by atoms with Gasteiger partial charge in [0.2, 0.25) is 0 Å². The molecule has 3 rings (SSSR count). The van der Waals surface area contributed by atoms with Gasteiger partial charge in [-0.3, -0.25) is 0 Å². The summed E-state index contributed by atoms with van der Waals surface area (Å²) in [5.74, 6) is 0.738. The Kier molecular flexibility index (Phi) is 3.41. The van der Waals surface area contributed by atoms with Crippen molar-refractivity contribution in [3.8, 4) is 0 Å². The van der Waals surface area contributed by atoms with Crippen LogP contribution >= 0.6 is 0 Å². The van der Waals surface area contributed by atoms with E-state index in [2.05, 4.69) is 39.0 Å². The Morgan fingerprint density at radius 1 is 1.15 bits per heavy atom. The molecule has 20 heavy (non-hydrogen) atoms. The third kappa shape index (κ3) is 2.38. The van der Waals surface area contributed by atoms with E-state index in [0.717, 1.165) is 23.5 Å². The molecular formula is C15H15N5. The first-order chi connectivity index (χ1) is 9.88. The number of anilines is 1. The van der Waals surface area contributed by atoms with E-state index >= 15 is 0 Å². The van der Waals surface area contributed by atoms with Crippen LogP contribution in [0.2, 0.25) is 0 Å². The van der Waals surface area contributed by atoms with Crippen LogP contribution in [-0.2, 0) is 6.54 Å². The molecule has 0 saturated carbocycles. The van der Waals surface area contributed by atoms with E-state index in [4.69, 9.17) is 0 Å². The number of rotatable bonds is 5. The summed E-state index contributed by atoms with van der Waals surface area (Å²) in [6.45, 7) is 5.08. The summed E-state index contributed by atoms with van der Waals surface area (Å²) in [7, 11) is 0. The molecule has 2 aromatic heterocycles. The van der Waals surface area contributed by atoms with Gasteiger partial charge in [-0.05, 0) is 5.56 Å². The Labute approximate surface area is 117 Å². The van der Waals surface area contributed by atoms with Crippen molar-refractivity contribution >= 4 is 17.0 Å². The van der Waals surface area contributed by atoms with Gasteiger partial charge in [0.25, 0.3) is 0 Å². The zero-order valence-corrected chi connectivity index (χ0v) is 11.0. The van der Waals surface area contributed by atoms with Crippen LogP contribution in [0.5, 0.6) is 0 Å². The Morgan fingerprint density at radius 3 is 2.80 bits per heavy atom. The number of hydrogen-bond acceptors (Lipinski definition) is 4. The highest BCUT2D eigenvalue weighted by atomic mass is 15.1. The summed E-state index contributed by atoms with van der Waals surface area (Å²) in [5, 5.41) is 3.17. The highest BCUT2D eigenvalue weighted by molar-refractivity contribution is 5.82. The lowest BCUT2D eigenvalue weighted by Crippen LogP contribution is -2.03. The van der Waals surface area contributed by atoms with Crippen molar-refractivity contribution in [2.45, 2.75) is 6.54 Å². The monoisotopic (exact) mass is 265 g/mol. The zero-order valence-electron chi connectivity index (χ0n) is 11.0. The van der Waals surface area contributed by atoms with E-state index in [1.807, 2.05) is 22.8 Å². The summed E-state index contributed by atoms with van der Waals surface area (Å²) in [4.78, 5) is 13.0. The fourth-order valence-electron chi connectivity index (χ4n) is 2.07. The molecular weight excluding hydrogens is 250 g/mol. The minimum absolute atomic E-state index is 0.650. The maximum atomic E-state index is 4.41. The summed E-state index contributed by atoms with van der Waals surface area (Å²) < 4.78 is 2.02. The smallest absolute Gasteiger partial charge is 0.165 e. The molecule has 0 radical (unpaired) electrons. The summed E-state index contributed by atoms with van der Waals surface area (Å²) >= 11 is 0. The maximum Gasteiger partial charge on any atom is 0.165 e. The second-order valence-electron chi connectivity index (χ2n) is 4.42. The Balaban J connectivity index is 1.95. The largest absolute Gasteiger partial charge is 0.365 e. The summed E-state index contributed by atoms with van der Waals surface area (Å²) in [6.07, 6.45) is 5.14. The van der Waals surface area contributed by atoms with Gasteiger partial charge in [0.05, 0.1) is 12.9 Å². The van der Waals surface area contributed by atoms with E-state index in [-0.39, 0.29) is 0 Å². The van der Waals surface area contributed by atoms with Crippen molar-refractivity contribution in [2.75, 3.05) is 11.9 Å². The second-order valence-corrected chi connectivity index (χ2v) is 4.42. The first-order valence-corrected chi connectivity index (χ1v) is 6.43. The van der Waals surface area contributed by atoms with Gasteiger partial charge in [-0.25, -0.2) is 15.0 Å². The van der Waals surface area contributed by atoms with Crippen molar-refractivity contribution in [1.29, 1.82) is 0 Å². The quantitative estimate of drug-likeness (QED) is 0.720. The molecule has 0 saturated heterocycles. The van der Waals surface area contributed by atoms with Crippen molar-refractivity contribution in [2.24, 2.45) is 0 Å². The highest BCUT2D eigenvalue weighted by Gasteiger charge is 2.09. The Hall–Kier alpha value is -2.69. The van der Waals surface area contributed by atoms with Gasteiger partial charge in [-0.1, -0.05) is 36.4 Å². The van der Waals surface area contributed by atoms with Crippen LogP contribution in [0.1, 0.15) is 5.56 Å². The third-order valence-electron chi connectivity index (χ3n) is 3.01. The predicted molar refractivity (Wildman–Crippen MR) is 79.6 cm³/mol. The van der Waals surface area contributed by atoms with Crippen LogP contribution in [0, 0.1) is 0 Å². The van der Waals surface area contributed by atoms with E-state index in [9.17, 15) is 0 Å². The third-order valence-corrected chi connectivity index (χ3v) is 3.01. The molecule has 2 heterocycles. The molecule has 5 nitrogen and oxygen atoms in total. The SMILES string of the molecule is C=CCNc1ncnc2c1ncn2Cc1ccccc1. The van der Waals surface area contributed by atoms with E-state index < -0.39 is 0 Å². The fraction of sp³-hybridized carbons (Fsp3) is 0.133. The lowest BCUT2D eigenvalue weighted by molar-refractivity contribution is 0.813. The van der Waals surface area contributed by atoms with Gasteiger partial charge in [0.15, 0.2) is 11.5 Å². The summed E-state index contributed by atoms with van der Waals surface area (Å²) in [5.41, 5.74) is 2.83. The molecule has 0 unspecified atom stereocenters. The normalized spacial score (nSPS) is 10.6. The molecule has 5 heteroatoms. The number of benzene rings is 1. The van der Waals surface area contributed by atoms with Crippen LogP contribution < -0.4 is 5.32 Å². The van der Waals surface area contributed by atoms with Gasteiger partial charge in [-0.15, -0.1) is 6.58 Å². The van der Waals surface area contributed by atoms with Gasteiger partial charge in [-0.2, -0.15) is 0 Å². The van der Waals surface area contributed by atoms with Crippen molar-refractivity contribution in [3.05, 3.63) is 61.2 Å². The molecule has 0 fully saturated rings. The molecule has 0 spiro atoms. The molecule has 3 aromatic rings. The van der Waals surface area contributed by atoms with Crippen LogP contribution in [0.25, 0.3) is 11.2 Å². The molecule has 100 valence electrons. The molecule has 0 bridgehead atoms. The fourth-order valence-corrected chi connectivity index (χ4v) is 2.07. The molecule has 0 aliphatic rings. The van der Waals surface area contributed by atoms with Crippen molar-refractivity contribution < 1.29 is 0 Å². The molecule has 0 amide bonds. The number of fused-ring (bicyclic) bond motifs is 1. The molecule has 1 N–H and O–H groups in total. The van der Waals surface area contributed by atoms with Gasteiger partial charge in [0.1, 0.15) is 11.8 Å². The standard InChI is InChI=1S/C15H15N5/c1-2-8-16-14-13-15(18-10-17-14)20(11-19-13)9-12-6-4-3-5-7-12/h2-7,10-11H,1,8-9H2,(H,16,17,18). The number of aromatic nitrogens is 4. The highest BCUT2D eigenvalue weighted by Crippen LogP contribution is 2.18. The van der Waals surface area contributed by atoms with Gasteiger partial charge < -0.3 is 9.88 Å². The first-order valence-electron chi connectivity index (χ1n) is 6.43. The summed E-state index contributed by atoms with van der Waals surface area (Å²) in [6, 6.07) is 10.2. The molecule has 0 aliphatic heterocycles. The molecule has 1 aromatic carbocycles. The Morgan fingerprint density at radius 2 is 2.00 bits per heavy atom. The zero-order chi connectivity index (χ0) is 13.8. The van der Waals surface area contributed by atoms with Gasteiger partial charge >= 0.3 is 0 Å². The Bertz CT molecular complexity index is 717. The lowest BCUT2D eigenvalue weighted by Gasteiger charge is -2.05. The van der Waals surface area contributed by atoms with Crippen molar-refractivity contribution in [3.63, 3.8) is 0 Å². The van der Waals surface area contributed by atoms with E-state index in [1.165, 1.54) is 5.56 Å². The number of hydrogen-bond donors (Lipinski definition) is 1. The maximum absolute atomic E-state index is 4.41. The minimum atomic E-state index is 0.650. The predicted octanol–water partition coefficient (Wildman–Crippen LogP) is 2.47. The van der Waals surface area contributed by atoms with Crippen molar-refractivity contribution in [1.82, 2.24) is 19.5 Å². The van der Waals surface area contributed by atoms with Gasteiger partial charge in [0, 0.05) is 6.54 Å². The number of nitrogens with one attached hydrogen (secondary N) is 1. The topological polar surface area (TPSA) is 55.6 Å². The van der Waals surface area contributed by atoms with Crippen LogP contribution in [0.3, 0.4) is 0 Å². The average molecular weight is 265 g/mol. The van der Waals surface area contributed by atoms with Crippen LogP contribution in [0.15, 0.2) is 55.6 Å². The lowest BCUT2D eigenvalue weighted by atomic mass is 10.2. The van der Waals surface area contributed by atoms with Crippen LogP contribution in [-0.4, -0.2) is 26.1 Å². The van der Waals surface area contributed by atoms with Crippen LogP contribution in [0.4, 0.5) is 5.82 Å². The number of imidazole rings is 1. The molecule has 0 atom stereocenters. The molecule has 0 aliphatic carbocycles. The van der Waals surface area contributed by atoms with E-state index in [0.29, 0.717) is 6.54 Å². The average Bonchev–Trinajstić information content (AvgIpc) is 2.90. The van der Waals surface area contributed by atoms with E-state index in [1.54, 1.807) is 18.7 Å². The first kappa shape index (κ1) is 12.3.